The molecule has 2 saturated carbocycles. The fraction of sp³-hybridized carbons (Fsp3) is 0.765. The third kappa shape index (κ3) is 2.49. The number of carboxylic acids is 1. The number of hydrogen-bond acceptors (Lipinski definition) is 2. The first-order chi connectivity index (χ1) is 10.1. The van der Waals surface area contributed by atoms with Gasteiger partial charge in [0.15, 0.2) is 0 Å². The van der Waals surface area contributed by atoms with Gasteiger partial charge in [-0.05, 0) is 38.0 Å². The van der Waals surface area contributed by atoms with Crippen LogP contribution in [0.25, 0.3) is 0 Å². The summed E-state index contributed by atoms with van der Waals surface area (Å²) in [5.74, 6) is -1.35. The van der Waals surface area contributed by atoms with Gasteiger partial charge in [-0.25, -0.2) is 0 Å². The van der Waals surface area contributed by atoms with Crippen molar-refractivity contribution in [3.8, 4) is 0 Å². The Balaban J connectivity index is 1.79. The number of hydrogen-bond donors (Lipinski definition) is 1. The molecule has 0 aromatic heterocycles. The van der Waals surface area contributed by atoms with Crippen LogP contribution >= 0.6 is 0 Å². The van der Waals surface area contributed by atoms with Crippen LogP contribution in [0, 0.1) is 23.7 Å². The van der Waals surface area contributed by atoms with E-state index in [0.717, 1.165) is 19.3 Å². The summed E-state index contributed by atoms with van der Waals surface area (Å²) in [7, 11) is 0. The van der Waals surface area contributed by atoms with Gasteiger partial charge in [0.2, 0.25) is 5.91 Å². The maximum absolute atomic E-state index is 13.0. The summed E-state index contributed by atoms with van der Waals surface area (Å²) in [5.41, 5.74) is 0. The van der Waals surface area contributed by atoms with E-state index in [1.165, 1.54) is 19.3 Å². The van der Waals surface area contributed by atoms with Crippen LogP contribution in [-0.2, 0) is 9.59 Å². The smallest absolute Gasteiger partial charge is 0.307 e. The number of carbonyl (C=O) groups is 2. The van der Waals surface area contributed by atoms with E-state index in [0.29, 0.717) is 12.6 Å². The largest absolute Gasteiger partial charge is 0.481 e. The summed E-state index contributed by atoms with van der Waals surface area (Å²) in [6.45, 7) is 2.72. The molecule has 3 rings (SSSR count). The van der Waals surface area contributed by atoms with Crippen LogP contribution < -0.4 is 0 Å². The van der Waals surface area contributed by atoms with Crippen molar-refractivity contribution in [2.45, 2.75) is 51.5 Å². The Morgan fingerprint density at radius 3 is 2.29 bits per heavy atom. The van der Waals surface area contributed by atoms with Crippen molar-refractivity contribution in [1.29, 1.82) is 0 Å². The molecule has 116 valence electrons. The molecule has 3 aliphatic rings. The molecule has 1 amide bonds. The minimum absolute atomic E-state index is 0.0616. The van der Waals surface area contributed by atoms with E-state index in [4.69, 9.17) is 0 Å². The van der Waals surface area contributed by atoms with Gasteiger partial charge in [0.05, 0.1) is 11.8 Å². The molecule has 0 aromatic carbocycles. The number of allylic oxidation sites excluding steroid dienone is 2. The third-order valence-corrected chi connectivity index (χ3v) is 5.67. The van der Waals surface area contributed by atoms with Crippen molar-refractivity contribution in [3.63, 3.8) is 0 Å². The zero-order valence-corrected chi connectivity index (χ0v) is 12.7. The van der Waals surface area contributed by atoms with E-state index in [9.17, 15) is 14.7 Å². The van der Waals surface area contributed by atoms with Crippen LogP contribution in [0.2, 0.25) is 0 Å². The summed E-state index contributed by atoms with van der Waals surface area (Å²) >= 11 is 0. The van der Waals surface area contributed by atoms with Gasteiger partial charge in [0.25, 0.3) is 0 Å². The van der Waals surface area contributed by atoms with Gasteiger partial charge in [0, 0.05) is 12.6 Å². The first-order valence-corrected chi connectivity index (χ1v) is 8.35. The van der Waals surface area contributed by atoms with E-state index in [2.05, 4.69) is 6.08 Å². The van der Waals surface area contributed by atoms with E-state index in [1.807, 2.05) is 17.9 Å². The zero-order valence-electron chi connectivity index (χ0n) is 12.7. The molecule has 21 heavy (non-hydrogen) atoms. The zero-order chi connectivity index (χ0) is 15.0. The van der Waals surface area contributed by atoms with Crippen molar-refractivity contribution in [3.05, 3.63) is 12.2 Å². The van der Waals surface area contributed by atoms with Gasteiger partial charge >= 0.3 is 5.97 Å². The quantitative estimate of drug-likeness (QED) is 0.810. The van der Waals surface area contributed by atoms with E-state index in [-0.39, 0.29) is 23.7 Å². The lowest BCUT2D eigenvalue weighted by Gasteiger charge is -2.37. The molecule has 0 saturated heterocycles. The van der Waals surface area contributed by atoms with E-state index in [1.54, 1.807) is 0 Å². The predicted octanol–water partition coefficient (Wildman–Crippen LogP) is 2.69. The average Bonchev–Trinajstić information content (AvgIpc) is 3.09. The highest BCUT2D eigenvalue weighted by molar-refractivity contribution is 5.87. The van der Waals surface area contributed by atoms with Gasteiger partial charge < -0.3 is 10.0 Å². The standard InChI is InChI=1S/C17H25NO3/c1-2-18(13-6-4-3-5-7-13)16(19)14-11-8-9-12(10-11)15(14)17(20)21/h8-9,11-15H,2-7,10H2,1H3,(H,20,21). The Hall–Kier alpha value is -1.32. The molecular weight excluding hydrogens is 266 g/mol. The summed E-state index contributed by atoms with van der Waals surface area (Å²) in [6, 6.07) is 0.328. The lowest BCUT2D eigenvalue weighted by molar-refractivity contribution is -0.152. The molecule has 2 fully saturated rings. The Bertz CT molecular complexity index is 453. The van der Waals surface area contributed by atoms with Crippen LogP contribution in [0.15, 0.2) is 12.2 Å². The van der Waals surface area contributed by atoms with E-state index < -0.39 is 11.9 Å². The number of rotatable bonds is 4. The lowest BCUT2D eigenvalue weighted by atomic mass is 9.81. The molecule has 1 N–H and O–H groups in total. The summed E-state index contributed by atoms with van der Waals surface area (Å²) in [6.07, 6.45) is 10.7. The minimum atomic E-state index is -0.801. The van der Waals surface area contributed by atoms with Crippen molar-refractivity contribution >= 4 is 11.9 Å². The Labute approximate surface area is 126 Å². The Kier molecular flexibility index (Phi) is 4.05. The van der Waals surface area contributed by atoms with Gasteiger partial charge in [0.1, 0.15) is 0 Å². The molecule has 0 radical (unpaired) electrons. The fourth-order valence-corrected chi connectivity index (χ4v) is 4.67. The fourth-order valence-electron chi connectivity index (χ4n) is 4.67. The molecule has 0 spiro atoms. The number of carbonyl (C=O) groups excluding carboxylic acids is 1. The molecule has 4 atom stereocenters. The second-order valence-corrected chi connectivity index (χ2v) is 6.75. The van der Waals surface area contributed by atoms with Gasteiger partial charge in [-0.3, -0.25) is 9.59 Å². The van der Waals surface area contributed by atoms with Crippen molar-refractivity contribution in [1.82, 2.24) is 4.90 Å². The maximum Gasteiger partial charge on any atom is 0.307 e. The van der Waals surface area contributed by atoms with E-state index >= 15 is 0 Å². The number of carboxylic acid groups (broad SMARTS) is 1. The number of fused-ring (bicyclic) bond motifs is 2. The highest BCUT2D eigenvalue weighted by atomic mass is 16.4. The third-order valence-electron chi connectivity index (χ3n) is 5.67. The normalized spacial score (nSPS) is 35.1. The molecule has 4 heteroatoms. The molecule has 4 unspecified atom stereocenters. The van der Waals surface area contributed by atoms with Crippen LogP contribution in [0.5, 0.6) is 0 Å². The lowest BCUT2D eigenvalue weighted by Crippen LogP contribution is -2.48. The first-order valence-electron chi connectivity index (χ1n) is 8.35. The van der Waals surface area contributed by atoms with Crippen LogP contribution in [0.4, 0.5) is 0 Å². The highest BCUT2D eigenvalue weighted by Crippen LogP contribution is 2.49. The molecule has 3 aliphatic carbocycles. The predicted molar refractivity (Wildman–Crippen MR) is 79.6 cm³/mol. The Morgan fingerprint density at radius 2 is 1.71 bits per heavy atom. The van der Waals surface area contributed by atoms with Crippen LogP contribution in [0.1, 0.15) is 45.4 Å². The summed E-state index contributed by atoms with van der Waals surface area (Å²) in [4.78, 5) is 26.6. The maximum atomic E-state index is 13.0. The van der Waals surface area contributed by atoms with Crippen molar-refractivity contribution in [2.75, 3.05) is 6.54 Å². The number of aliphatic carboxylic acids is 1. The topological polar surface area (TPSA) is 57.6 Å². The monoisotopic (exact) mass is 291 g/mol. The summed E-state index contributed by atoms with van der Waals surface area (Å²) in [5, 5.41) is 9.51. The average molecular weight is 291 g/mol. The van der Waals surface area contributed by atoms with Crippen LogP contribution in [-0.4, -0.2) is 34.5 Å². The number of nitrogens with zero attached hydrogens (tertiary/aromatic N) is 1. The molecule has 0 aromatic rings. The molecular formula is C17H25NO3. The number of amides is 1. The second kappa shape index (κ2) is 5.82. The Morgan fingerprint density at radius 1 is 1.10 bits per heavy atom. The van der Waals surface area contributed by atoms with Gasteiger partial charge in [-0.1, -0.05) is 31.4 Å². The SMILES string of the molecule is CCN(C(=O)C1C2C=CC(C2)C1C(=O)O)C1CCCCC1. The summed E-state index contributed by atoms with van der Waals surface area (Å²) < 4.78 is 0. The molecule has 0 heterocycles. The second-order valence-electron chi connectivity index (χ2n) is 6.75. The molecule has 4 nitrogen and oxygen atoms in total. The first kappa shape index (κ1) is 14.6. The highest BCUT2D eigenvalue weighted by Gasteiger charge is 2.52. The molecule has 2 bridgehead atoms. The van der Waals surface area contributed by atoms with Crippen molar-refractivity contribution in [2.24, 2.45) is 23.7 Å². The van der Waals surface area contributed by atoms with Crippen LogP contribution in [0.3, 0.4) is 0 Å². The van der Waals surface area contributed by atoms with Gasteiger partial charge in [-0.2, -0.15) is 0 Å². The molecule has 0 aliphatic heterocycles. The van der Waals surface area contributed by atoms with Crippen molar-refractivity contribution < 1.29 is 14.7 Å². The van der Waals surface area contributed by atoms with Gasteiger partial charge in [-0.15, -0.1) is 0 Å². The minimum Gasteiger partial charge on any atom is -0.481 e.